The van der Waals surface area contributed by atoms with Crippen molar-refractivity contribution in [2.45, 2.75) is 18.2 Å². The highest BCUT2D eigenvalue weighted by molar-refractivity contribution is 7.89. The quantitative estimate of drug-likeness (QED) is 0.912. The van der Waals surface area contributed by atoms with E-state index < -0.39 is 10.0 Å². The van der Waals surface area contributed by atoms with E-state index in [2.05, 4.69) is 4.72 Å². The van der Waals surface area contributed by atoms with E-state index in [1.165, 1.54) is 6.07 Å². The average Bonchev–Trinajstić information content (AvgIpc) is 2.19. The lowest BCUT2D eigenvalue weighted by Gasteiger charge is -2.07. The summed E-state index contributed by atoms with van der Waals surface area (Å²) in [6.07, 6.45) is 0.720. The molecule has 0 atom stereocenters. The third-order valence-corrected chi connectivity index (χ3v) is 4.18. The van der Waals surface area contributed by atoms with Crippen LogP contribution < -0.4 is 4.72 Å². The maximum absolute atomic E-state index is 11.7. The minimum absolute atomic E-state index is 0.0186. The van der Waals surface area contributed by atoms with Gasteiger partial charge in [-0.15, -0.1) is 0 Å². The molecule has 3 nitrogen and oxygen atoms in total. The summed E-state index contributed by atoms with van der Waals surface area (Å²) in [5.41, 5.74) is 0. The SMILES string of the molecule is CCCNS(=O)(=O)c1cccc(Cl)c1Cl. The van der Waals surface area contributed by atoms with Gasteiger partial charge in [0.2, 0.25) is 10.0 Å². The molecule has 0 radical (unpaired) electrons. The fourth-order valence-corrected chi connectivity index (χ4v) is 2.90. The highest BCUT2D eigenvalue weighted by atomic mass is 35.5. The van der Waals surface area contributed by atoms with Crippen LogP contribution in [0.25, 0.3) is 0 Å². The average molecular weight is 268 g/mol. The van der Waals surface area contributed by atoms with Gasteiger partial charge in [-0.05, 0) is 18.6 Å². The Kier molecular flexibility index (Phi) is 4.40. The van der Waals surface area contributed by atoms with E-state index in [9.17, 15) is 8.42 Å². The summed E-state index contributed by atoms with van der Waals surface area (Å²) < 4.78 is 25.8. The topological polar surface area (TPSA) is 46.2 Å². The molecule has 0 heterocycles. The molecule has 0 spiro atoms. The monoisotopic (exact) mass is 267 g/mol. The molecule has 1 rings (SSSR count). The van der Waals surface area contributed by atoms with Crippen LogP contribution in [0, 0.1) is 0 Å². The predicted octanol–water partition coefficient (Wildman–Crippen LogP) is 2.68. The first-order chi connectivity index (χ1) is 6.99. The van der Waals surface area contributed by atoms with Crippen LogP contribution in [0.2, 0.25) is 10.0 Å². The minimum atomic E-state index is -3.54. The lowest BCUT2D eigenvalue weighted by atomic mass is 10.4. The molecule has 0 aliphatic heterocycles. The first kappa shape index (κ1) is 12.8. The molecular weight excluding hydrogens is 257 g/mol. The molecule has 6 heteroatoms. The smallest absolute Gasteiger partial charge is 0.211 e. The van der Waals surface area contributed by atoms with E-state index in [0.29, 0.717) is 6.54 Å². The Hall–Kier alpha value is -0.290. The van der Waals surface area contributed by atoms with Gasteiger partial charge >= 0.3 is 0 Å². The van der Waals surface area contributed by atoms with Crippen LogP contribution in [0.15, 0.2) is 23.1 Å². The van der Waals surface area contributed by atoms with Gasteiger partial charge in [0.15, 0.2) is 0 Å². The van der Waals surface area contributed by atoms with E-state index in [-0.39, 0.29) is 14.9 Å². The van der Waals surface area contributed by atoms with Crippen molar-refractivity contribution in [2.24, 2.45) is 0 Å². The second-order valence-electron chi connectivity index (χ2n) is 2.95. The largest absolute Gasteiger partial charge is 0.242 e. The summed E-state index contributed by atoms with van der Waals surface area (Å²) in [5.74, 6) is 0. The summed E-state index contributed by atoms with van der Waals surface area (Å²) in [5, 5.41) is 0.291. The zero-order chi connectivity index (χ0) is 11.5. The number of hydrogen-bond acceptors (Lipinski definition) is 2. The Balaban J connectivity index is 3.10. The molecule has 0 saturated heterocycles. The van der Waals surface area contributed by atoms with Crippen molar-refractivity contribution in [2.75, 3.05) is 6.54 Å². The number of nitrogens with one attached hydrogen (secondary N) is 1. The molecule has 84 valence electrons. The van der Waals surface area contributed by atoms with Crippen LogP contribution in [-0.2, 0) is 10.0 Å². The van der Waals surface area contributed by atoms with E-state index in [1.54, 1.807) is 12.1 Å². The van der Waals surface area contributed by atoms with Crippen LogP contribution in [0.5, 0.6) is 0 Å². The van der Waals surface area contributed by atoms with Crippen molar-refractivity contribution >= 4 is 33.2 Å². The van der Waals surface area contributed by atoms with Crippen LogP contribution >= 0.6 is 23.2 Å². The van der Waals surface area contributed by atoms with Gasteiger partial charge in [-0.3, -0.25) is 0 Å². The number of sulfonamides is 1. The van der Waals surface area contributed by atoms with Crippen molar-refractivity contribution in [1.82, 2.24) is 4.72 Å². The maximum atomic E-state index is 11.7. The Morgan fingerprint density at radius 3 is 2.60 bits per heavy atom. The standard InChI is InChI=1S/C9H11Cl2NO2S/c1-2-6-12-15(13,14)8-5-3-4-7(10)9(8)11/h3-5,12H,2,6H2,1H3. The van der Waals surface area contributed by atoms with Crippen LogP contribution in [0.4, 0.5) is 0 Å². The lowest BCUT2D eigenvalue weighted by molar-refractivity contribution is 0.581. The molecule has 0 amide bonds. The molecule has 0 unspecified atom stereocenters. The Morgan fingerprint density at radius 2 is 2.00 bits per heavy atom. The molecular formula is C9H11Cl2NO2S. The van der Waals surface area contributed by atoms with E-state index in [0.717, 1.165) is 6.42 Å². The third-order valence-electron chi connectivity index (χ3n) is 1.75. The van der Waals surface area contributed by atoms with Crippen LogP contribution in [0.1, 0.15) is 13.3 Å². The van der Waals surface area contributed by atoms with Crippen molar-refractivity contribution in [3.8, 4) is 0 Å². The first-order valence-electron chi connectivity index (χ1n) is 4.42. The minimum Gasteiger partial charge on any atom is -0.211 e. The van der Waals surface area contributed by atoms with Gasteiger partial charge in [0.05, 0.1) is 10.0 Å². The van der Waals surface area contributed by atoms with Gasteiger partial charge in [0, 0.05) is 6.54 Å². The summed E-state index contributed by atoms with van der Waals surface area (Å²) in [7, 11) is -3.54. The number of halogens is 2. The summed E-state index contributed by atoms with van der Waals surface area (Å²) >= 11 is 11.5. The molecule has 0 aromatic heterocycles. The molecule has 0 fully saturated rings. The molecule has 1 aromatic carbocycles. The van der Waals surface area contributed by atoms with Gasteiger partial charge in [-0.25, -0.2) is 13.1 Å². The van der Waals surface area contributed by atoms with Gasteiger partial charge in [-0.1, -0.05) is 36.2 Å². The number of hydrogen-bond donors (Lipinski definition) is 1. The fraction of sp³-hybridized carbons (Fsp3) is 0.333. The van der Waals surface area contributed by atoms with Crippen LogP contribution in [0.3, 0.4) is 0 Å². The van der Waals surface area contributed by atoms with Gasteiger partial charge in [0.25, 0.3) is 0 Å². The zero-order valence-electron chi connectivity index (χ0n) is 8.13. The molecule has 1 aromatic rings. The highest BCUT2D eigenvalue weighted by Crippen LogP contribution is 2.28. The van der Waals surface area contributed by atoms with Gasteiger partial charge in [-0.2, -0.15) is 0 Å². The second-order valence-corrected chi connectivity index (χ2v) is 5.47. The second kappa shape index (κ2) is 5.16. The normalized spacial score (nSPS) is 11.7. The molecule has 0 bridgehead atoms. The third kappa shape index (κ3) is 3.08. The summed E-state index contributed by atoms with van der Waals surface area (Å²) in [6, 6.07) is 4.52. The predicted molar refractivity (Wildman–Crippen MR) is 61.9 cm³/mol. The number of benzene rings is 1. The first-order valence-corrected chi connectivity index (χ1v) is 6.66. The molecule has 0 saturated carbocycles. The Labute approximate surface area is 99.4 Å². The lowest BCUT2D eigenvalue weighted by Crippen LogP contribution is -2.24. The Bertz CT molecular complexity index is 445. The maximum Gasteiger partial charge on any atom is 0.242 e. The molecule has 1 N–H and O–H groups in total. The summed E-state index contributed by atoms with van der Waals surface area (Å²) in [6.45, 7) is 2.26. The van der Waals surface area contributed by atoms with Crippen molar-refractivity contribution < 1.29 is 8.42 Å². The molecule has 0 aliphatic carbocycles. The summed E-state index contributed by atoms with van der Waals surface area (Å²) in [4.78, 5) is 0.0186. The van der Waals surface area contributed by atoms with E-state index in [1.807, 2.05) is 6.92 Å². The van der Waals surface area contributed by atoms with E-state index in [4.69, 9.17) is 23.2 Å². The molecule has 15 heavy (non-hydrogen) atoms. The highest BCUT2D eigenvalue weighted by Gasteiger charge is 2.18. The molecule has 0 aliphatic rings. The van der Waals surface area contributed by atoms with Gasteiger partial charge in [0.1, 0.15) is 4.90 Å². The van der Waals surface area contributed by atoms with E-state index >= 15 is 0 Å². The fourth-order valence-electron chi connectivity index (χ4n) is 1.01. The number of rotatable bonds is 4. The van der Waals surface area contributed by atoms with Crippen molar-refractivity contribution in [3.05, 3.63) is 28.2 Å². The van der Waals surface area contributed by atoms with Crippen molar-refractivity contribution in [3.63, 3.8) is 0 Å². The van der Waals surface area contributed by atoms with Gasteiger partial charge < -0.3 is 0 Å². The Morgan fingerprint density at radius 1 is 1.33 bits per heavy atom. The van der Waals surface area contributed by atoms with Crippen LogP contribution in [-0.4, -0.2) is 15.0 Å². The zero-order valence-corrected chi connectivity index (χ0v) is 10.5. The van der Waals surface area contributed by atoms with Crippen molar-refractivity contribution in [1.29, 1.82) is 0 Å².